The lowest BCUT2D eigenvalue weighted by Gasteiger charge is -2.22. The molecule has 0 fully saturated rings. The van der Waals surface area contributed by atoms with Crippen LogP contribution in [-0.4, -0.2) is 34.9 Å². The molecule has 0 saturated heterocycles. The second kappa shape index (κ2) is 34.9. The van der Waals surface area contributed by atoms with Crippen LogP contribution in [-0.2, 0) is 4.79 Å². The minimum Gasteiger partial charge on any atom is -0.394 e. The second-order valence-electron chi connectivity index (χ2n) is 13.4. The van der Waals surface area contributed by atoms with Crippen molar-refractivity contribution in [3.8, 4) is 0 Å². The van der Waals surface area contributed by atoms with Crippen LogP contribution in [0.4, 0.5) is 0 Å². The highest BCUT2D eigenvalue weighted by molar-refractivity contribution is 5.76. The highest BCUT2D eigenvalue weighted by atomic mass is 16.3. The van der Waals surface area contributed by atoms with Gasteiger partial charge in [0, 0.05) is 6.42 Å². The zero-order valence-electron chi connectivity index (χ0n) is 28.8. The minimum absolute atomic E-state index is 0.0361. The molecule has 0 radical (unpaired) electrons. The smallest absolute Gasteiger partial charge is 0.220 e. The number of unbranched alkanes of at least 4 members (excludes halogenated alkanes) is 28. The summed E-state index contributed by atoms with van der Waals surface area (Å²) in [5, 5.41) is 22.6. The first kappa shape index (κ1) is 41.4. The van der Waals surface area contributed by atoms with Crippen LogP contribution in [0.15, 0.2) is 0 Å². The Morgan fingerprint density at radius 3 is 1.07 bits per heavy atom. The van der Waals surface area contributed by atoms with Gasteiger partial charge in [-0.25, -0.2) is 0 Å². The van der Waals surface area contributed by atoms with Crippen molar-refractivity contribution < 1.29 is 15.0 Å². The van der Waals surface area contributed by atoms with Gasteiger partial charge in [-0.2, -0.15) is 0 Å². The zero-order valence-corrected chi connectivity index (χ0v) is 28.8. The molecular weight excluding hydrogens is 518 g/mol. The summed E-state index contributed by atoms with van der Waals surface area (Å²) in [6.45, 7) is 4.26. The van der Waals surface area contributed by atoms with Gasteiger partial charge in [0.2, 0.25) is 5.91 Å². The van der Waals surface area contributed by atoms with Gasteiger partial charge in [-0.3, -0.25) is 4.79 Å². The van der Waals surface area contributed by atoms with Crippen LogP contribution in [0.1, 0.15) is 219 Å². The lowest BCUT2D eigenvalue weighted by molar-refractivity contribution is -0.123. The van der Waals surface area contributed by atoms with Crippen LogP contribution in [0.25, 0.3) is 0 Å². The molecule has 0 aromatic carbocycles. The Morgan fingerprint density at radius 2 is 0.762 bits per heavy atom. The van der Waals surface area contributed by atoms with Crippen molar-refractivity contribution in [3.63, 3.8) is 0 Å². The molecular formula is C38H77NO3. The van der Waals surface area contributed by atoms with Crippen molar-refractivity contribution in [1.29, 1.82) is 0 Å². The van der Waals surface area contributed by atoms with Crippen LogP contribution < -0.4 is 5.32 Å². The average molecular weight is 596 g/mol. The molecule has 1 amide bonds. The standard InChI is InChI=1S/C38H77NO3/c1-3-5-7-9-10-11-12-13-14-15-16-17-18-19-20-21-22-23-24-25-26-27-28-29-30-32-34-38(42)39-36(35-40)37(41)33-31-8-6-4-2/h36-37,40-41H,3-35H2,1-2H3,(H,39,42). The molecule has 0 spiro atoms. The molecule has 0 heterocycles. The fourth-order valence-corrected chi connectivity index (χ4v) is 6.13. The van der Waals surface area contributed by atoms with E-state index < -0.39 is 12.1 Å². The molecule has 2 unspecified atom stereocenters. The first-order chi connectivity index (χ1) is 20.7. The highest BCUT2D eigenvalue weighted by Gasteiger charge is 2.19. The first-order valence-electron chi connectivity index (χ1n) is 19.2. The SMILES string of the molecule is CCCCCCCCCCCCCCCCCCCCCCCCCCCCC(=O)NC(CO)C(O)CCCCCC. The molecule has 3 N–H and O–H groups in total. The normalized spacial score (nSPS) is 13.0. The Kier molecular flexibility index (Phi) is 34.4. The molecule has 0 aliphatic heterocycles. The summed E-state index contributed by atoms with van der Waals surface area (Å²) in [6.07, 6.45) is 40.8. The number of amides is 1. The van der Waals surface area contributed by atoms with Crippen molar-refractivity contribution in [2.75, 3.05) is 6.61 Å². The van der Waals surface area contributed by atoms with Gasteiger partial charge in [0.25, 0.3) is 0 Å². The molecule has 0 aliphatic rings. The lowest BCUT2D eigenvalue weighted by Crippen LogP contribution is -2.45. The van der Waals surface area contributed by atoms with Crippen molar-refractivity contribution in [2.45, 2.75) is 231 Å². The van der Waals surface area contributed by atoms with Gasteiger partial charge in [0.1, 0.15) is 0 Å². The molecule has 4 heteroatoms. The largest absolute Gasteiger partial charge is 0.394 e. The van der Waals surface area contributed by atoms with Crippen molar-refractivity contribution in [3.05, 3.63) is 0 Å². The van der Waals surface area contributed by atoms with Crippen molar-refractivity contribution in [2.24, 2.45) is 0 Å². The van der Waals surface area contributed by atoms with Gasteiger partial charge < -0.3 is 15.5 Å². The molecule has 0 aliphatic carbocycles. The van der Waals surface area contributed by atoms with E-state index >= 15 is 0 Å². The minimum atomic E-state index is -0.648. The van der Waals surface area contributed by atoms with Gasteiger partial charge in [-0.15, -0.1) is 0 Å². The summed E-state index contributed by atoms with van der Waals surface area (Å²) in [4.78, 5) is 12.2. The fraction of sp³-hybridized carbons (Fsp3) is 0.974. The van der Waals surface area contributed by atoms with E-state index in [-0.39, 0.29) is 12.5 Å². The maximum Gasteiger partial charge on any atom is 0.220 e. The van der Waals surface area contributed by atoms with Gasteiger partial charge in [0.15, 0.2) is 0 Å². The highest BCUT2D eigenvalue weighted by Crippen LogP contribution is 2.16. The summed E-state index contributed by atoms with van der Waals surface area (Å²) in [7, 11) is 0. The molecule has 2 atom stereocenters. The zero-order chi connectivity index (χ0) is 30.8. The van der Waals surface area contributed by atoms with E-state index in [0.29, 0.717) is 12.8 Å². The van der Waals surface area contributed by atoms with Gasteiger partial charge in [-0.05, 0) is 12.8 Å². The summed E-state index contributed by atoms with van der Waals surface area (Å²) in [5.74, 6) is -0.0361. The van der Waals surface area contributed by atoms with E-state index in [1.807, 2.05) is 0 Å². The molecule has 42 heavy (non-hydrogen) atoms. The second-order valence-corrected chi connectivity index (χ2v) is 13.4. The summed E-state index contributed by atoms with van der Waals surface area (Å²) in [5.41, 5.74) is 0. The topological polar surface area (TPSA) is 69.6 Å². The Hall–Kier alpha value is -0.610. The fourth-order valence-electron chi connectivity index (χ4n) is 6.13. The van der Waals surface area contributed by atoms with Crippen LogP contribution in [0.5, 0.6) is 0 Å². The predicted octanol–water partition coefficient (Wildman–Crippen LogP) is 11.3. The molecule has 4 nitrogen and oxygen atoms in total. The number of carbonyl (C=O) groups excluding carboxylic acids is 1. The van der Waals surface area contributed by atoms with E-state index in [1.54, 1.807) is 0 Å². The molecule has 0 bridgehead atoms. The number of rotatable bonds is 35. The molecule has 0 saturated carbocycles. The Morgan fingerprint density at radius 1 is 0.476 bits per heavy atom. The molecule has 0 aromatic rings. The Balaban J connectivity index is 3.30. The molecule has 0 rings (SSSR count). The third kappa shape index (κ3) is 30.8. The number of aliphatic hydroxyl groups excluding tert-OH is 2. The maximum absolute atomic E-state index is 12.2. The molecule has 0 aromatic heterocycles. The van der Waals surface area contributed by atoms with Crippen LogP contribution in [0.2, 0.25) is 0 Å². The third-order valence-electron chi connectivity index (χ3n) is 9.12. The number of hydrogen-bond acceptors (Lipinski definition) is 3. The molecule has 252 valence electrons. The van der Waals surface area contributed by atoms with Crippen molar-refractivity contribution >= 4 is 5.91 Å². The van der Waals surface area contributed by atoms with Gasteiger partial charge >= 0.3 is 0 Å². The number of hydrogen-bond donors (Lipinski definition) is 3. The quantitative estimate of drug-likeness (QED) is 0.0638. The van der Waals surface area contributed by atoms with E-state index in [2.05, 4.69) is 19.2 Å². The van der Waals surface area contributed by atoms with E-state index in [0.717, 1.165) is 32.1 Å². The van der Waals surface area contributed by atoms with Crippen LogP contribution in [0, 0.1) is 0 Å². The van der Waals surface area contributed by atoms with Crippen LogP contribution >= 0.6 is 0 Å². The number of aliphatic hydroxyl groups is 2. The third-order valence-corrected chi connectivity index (χ3v) is 9.12. The Labute approximate surface area is 264 Å². The van der Waals surface area contributed by atoms with Crippen LogP contribution in [0.3, 0.4) is 0 Å². The van der Waals surface area contributed by atoms with Gasteiger partial charge in [0.05, 0.1) is 18.8 Å². The maximum atomic E-state index is 12.2. The van der Waals surface area contributed by atoms with E-state index in [1.165, 1.54) is 161 Å². The van der Waals surface area contributed by atoms with E-state index in [4.69, 9.17) is 0 Å². The number of carbonyl (C=O) groups is 1. The number of nitrogens with one attached hydrogen (secondary N) is 1. The first-order valence-corrected chi connectivity index (χ1v) is 19.2. The Bertz CT molecular complexity index is 526. The average Bonchev–Trinajstić information content (AvgIpc) is 2.99. The summed E-state index contributed by atoms with van der Waals surface area (Å²) in [6, 6.07) is -0.525. The van der Waals surface area contributed by atoms with Crippen molar-refractivity contribution in [1.82, 2.24) is 5.32 Å². The summed E-state index contributed by atoms with van der Waals surface area (Å²) >= 11 is 0. The van der Waals surface area contributed by atoms with E-state index in [9.17, 15) is 15.0 Å². The predicted molar refractivity (Wildman–Crippen MR) is 184 cm³/mol. The lowest BCUT2D eigenvalue weighted by atomic mass is 10.0. The van der Waals surface area contributed by atoms with Gasteiger partial charge in [-0.1, -0.05) is 200 Å². The monoisotopic (exact) mass is 596 g/mol. The summed E-state index contributed by atoms with van der Waals surface area (Å²) < 4.78 is 0.